The van der Waals surface area contributed by atoms with Crippen LogP contribution >= 0.6 is 8.03 Å². The first-order valence-electron chi connectivity index (χ1n) is 2.90. The molecule has 66 valence electrons. The smallest absolute Gasteiger partial charge is 0.214 e. The normalized spacial score (nSPS) is 16.1. The lowest BCUT2D eigenvalue weighted by atomic mass is 10.5. The van der Waals surface area contributed by atoms with Gasteiger partial charge in [0.1, 0.15) is 0 Å². The molecular weight excluding hydrogens is 191 g/mol. The molecule has 0 radical (unpaired) electrons. The molecule has 0 amide bonds. The van der Waals surface area contributed by atoms with Gasteiger partial charge in [-0.05, 0) is 4.57 Å². The summed E-state index contributed by atoms with van der Waals surface area (Å²) in [6, 6.07) is 0. The van der Waals surface area contributed by atoms with E-state index in [-0.39, 0.29) is 6.42 Å². The van der Waals surface area contributed by atoms with Gasteiger partial charge < -0.3 is 0 Å². The van der Waals surface area contributed by atoms with E-state index in [0.29, 0.717) is 0 Å². The molecule has 0 aromatic rings. The van der Waals surface area contributed by atoms with Crippen molar-refractivity contribution in [2.45, 2.75) is 19.2 Å². The highest BCUT2D eigenvalue weighted by Crippen LogP contribution is 2.27. The average Bonchev–Trinajstić information content (AvgIpc) is 1.80. The number of hydrogen-bond acceptors (Lipinski definition) is 4. The van der Waals surface area contributed by atoms with E-state index in [1.807, 2.05) is 0 Å². The third kappa shape index (κ3) is 5.26. The molecule has 0 aromatic carbocycles. The lowest BCUT2D eigenvalue weighted by Crippen LogP contribution is -2.12. The van der Waals surface area contributed by atoms with Gasteiger partial charge in [-0.1, -0.05) is 6.92 Å². The molecule has 0 rings (SSSR count). The summed E-state index contributed by atoms with van der Waals surface area (Å²) < 4.78 is 35.5. The van der Waals surface area contributed by atoms with Gasteiger partial charge in [0.25, 0.3) is 10.1 Å². The van der Waals surface area contributed by atoms with Crippen LogP contribution in [0.2, 0.25) is 0 Å². The minimum absolute atomic E-state index is 0.193. The zero-order valence-corrected chi connectivity index (χ0v) is 7.93. The Morgan fingerprint density at radius 2 is 2.09 bits per heavy atom. The van der Waals surface area contributed by atoms with Crippen molar-refractivity contribution >= 4 is 18.1 Å². The van der Waals surface area contributed by atoms with E-state index in [4.69, 9.17) is 4.89 Å². The van der Waals surface area contributed by atoms with Gasteiger partial charge in [0.05, 0.1) is 6.26 Å². The summed E-state index contributed by atoms with van der Waals surface area (Å²) in [6.45, 7) is 1.57. The molecular formula is C4H10O5PS+. The van der Waals surface area contributed by atoms with E-state index in [0.717, 1.165) is 6.26 Å². The first-order chi connectivity index (χ1) is 4.87. The van der Waals surface area contributed by atoms with Crippen LogP contribution in [0.15, 0.2) is 0 Å². The van der Waals surface area contributed by atoms with Crippen LogP contribution < -0.4 is 0 Å². The summed E-state index contributed by atoms with van der Waals surface area (Å²) in [5.74, 6) is -1.11. The van der Waals surface area contributed by atoms with Gasteiger partial charge in [-0.3, -0.25) is 0 Å². The summed E-state index contributed by atoms with van der Waals surface area (Å²) in [4.78, 5) is 8.50. The molecule has 0 aromatic heterocycles. The molecule has 7 heteroatoms. The van der Waals surface area contributed by atoms with Crippen LogP contribution in [0.3, 0.4) is 0 Å². The zero-order valence-electron chi connectivity index (χ0n) is 6.22. The Morgan fingerprint density at radius 1 is 1.64 bits per heavy atom. The number of hydrogen-bond donors (Lipinski definition) is 1. The lowest BCUT2D eigenvalue weighted by molar-refractivity contribution is 0.265. The highest BCUT2D eigenvalue weighted by Gasteiger charge is 2.31. The Hall–Kier alpha value is -0.0300. The quantitative estimate of drug-likeness (QED) is 0.527. The average molecular weight is 201 g/mol. The standard InChI is InChI=1S/C4H9O5PS/c1-3-4(10(5)6)9-11(2,7)8/h4H,3H2,1-2H3/p+1. The zero-order chi connectivity index (χ0) is 9.07. The van der Waals surface area contributed by atoms with Crippen molar-refractivity contribution in [3.8, 4) is 0 Å². The monoisotopic (exact) mass is 201 g/mol. The predicted octanol–water partition coefficient (Wildman–Crippen LogP) is 0.433. The number of rotatable bonds is 4. The molecule has 11 heavy (non-hydrogen) atoms. The molecule has 0 heterocycles. The second kappa shape index (κ2) is 4.11. The summed E-state index contributed by atoms with van der Waals surface area (Å²) >= 11 is 0. The van der Waals surface area contributed by atoms with Gasteiger partial charge >= 0.3 is 13.9 Å². The molecule has 0 aliphatic heterocycles. The topological polar surface area (TPSA) is 80.7 Å². The maximum atomic E-state index is 10.4. The van der Waals surface area contributed by atoms with E-state index in [1.165, 1.54) is 0 Å². The van der Waals surface area contributed by atoms with Crippen molar-refractivity contribution in [3.05, 3.63) is 0 Å². The lowest BCUT2D eigenvalue weighted by Gasteiger charge is -1.99. The van der Waals surface area contributed by atoms with Crippen molar-refractivity contribution in [2.75, 3.05) is 6.26 Å². The SMILES string of the molecule is CCC(OS(C)(=O)=O)[P+](=O)O. The maximum Gasteiger partial charge on any atom is 0.538 e. The molecule has 0 bridgehead atoms. The Labute approximate surface area is 66.4 Å². The van der Waals surface area contributed by atoms with Crippen LogP contribution in [-0.2, 0) is 18.9 Å². The minimum atomic E-state index is -3.62. The van der Waals surface area contributed by atoms with Gasteiger partial charge in [0.2, 0.25) is 0 Å². The van der Waals surface area contributed by atoms with Crippen molar-refractivity contribution in [3.63, 3.8) is 0 Å². The molecule has 2 unspecified atom stereocenters. The highest BCUT2D eigenvalue weighted by molar-refractivity contribution is 7.86. The fourth-order valence-electron chi connectivity index (χ4n) is 0.463. The Kier molecular flexibility index (Phi) is 4.10. The van der Waals surface area contributed by atoms with Gasteiger partial charge in [-0.15, -0.1) is 0 Å². The first kappa shape index (κ1) is 11.0. The summed E-state index contributed by atoms with van der Waals surface area (Å²) in [5, 5.41) is 0. The van der Waals surface area contributed by atoms with E-state index in [2.05, 4.69) is 4.18 Å². The maximum absolute atomic E-state index is 10.4. The van der Waals surface area contributed by atoms with Crippen LogP contribution in [0.1, 0.15) is 13.3 Å². The van der Waals surface area contributed by atoms with Gasteiger partial charge in [-0.25, -0.2) is 4.18 Å². The van der Waals surface area contributed by atoms with Crippen molar-refractivity contribution in [1.29, 1.82) is 0 Å². The van der Waals surface area contributed by atoms with Crippen LogP contribution in [0, 0.1) is 0 Å². The summed E-state index contributed by atoms with van der Waals surface area (Å²) in [6.07, 6.45) is 1.03. The van der Waals surface area contributed by atoms with Crippen LogP contribution in [0.5, 0.6) is 0 Å². The highest BCUT2D eigenvalue weighted by atomic mass is 32.2. The largest absolute Gasteiger partial charge is 0.538 e. The van der Waals surface area contributed by atoms with Gasteiger partial charge in [0, 0.05) is 6.42 Å². The fourth-order valence-corrected chi connectivity index (χ4v) is 2.08. The van der Waals surface area contributed by atoms with Crippen LogP contribution in [0.4, 0.5) is 0 Å². The van der Waals surface area contributed by atoms with Crippen LogP contribution in [-0.4, -0.2) is 25.4 Å². The van der Waals surface area contributed by atoms with Crippen molar-refractivity contribution in [1.82, 2.24) is 0 Å². The van der Waals surface area contributed by atoms with Gasteiger partial charge in [0.15, 0.2) is 0 Å². The van der Waals surface area contributed by atoms with E-state index in [1.54, 1.807) is 6.92 Å². The van der Waals surface area contributed by atoms with E-state index >= 15 is 0 Å². The molecule has 2 atom stereocenters. The molecule has 0 saturated heterocycles. The molecule has 0 aliphatic carbocycles. The Morgan fingerprint density at radius 3 is 2.18 bits per heavy atom. The molecule has 1 N–H and O–H groups in total. The fraction of sp³-hybridized carbons (Fsp3) is 1.00. The second-order valence-corrected chi connectivity index (χ2v) is 4.75. The third-order valence-corrected chi connectivity index (χ3v) is 2.57. The predicted molar refractivity (Wildman–Crippen MR) is 39.8 cm³/mol. The summed E-state index contributed by atoms with van der Waals surface area (Å²) in [7, 11) is -6.20. The molecule has 5 nitrogen and oxygen atoms in total. The minimum Gasteiger partial charge on any atom is -0.214 e. The van der Waals surface area contributed by atoms with Crippen LogP contribution in [0.25, 0.3) is 0 Å². The van der Waals surface area contributed by atoms with Crippen molar-refractivity contribution < 1.29 is 22.1 Å². The van der Waals surface area contributed by atoms with Gasteiger partial charge in [-0.2, -0.15) is 13.3 Å². The van der Waals surface area contributed by atoms with E-state index < -0.39 is 24.0 Å². The first-order valence-corrected chi connectivity index (χ1v) is 6.00. The third-order valence-electron chi connectivity index (χ3n) is 0.881. The molecule has 0 fully saturated rings. The molecule has 0 saturated carbocycles. The second-order valence-electron chi connectivity index (χ2n) is 1.97. The van der Waals surface area contributed by atoms with Crippen molar-refractivity contribution in [2.24, 2.45) is 0 Å². The van der Waals surface area contributed by atoms with E-state index in [9.17, 15) is 13.0 Å². The Balaban J connectivity index is 4.22. The molecule has 0 spiro atoms. The summed E-state index contributed by atoms with van der Waals surface area (Å²) in [5.41, 5.74) is 0. The Bertz CT molecular complexity index is 233. The molecule has 0 aliphatic rings.